The average Bonchev–Trinajstić information content (AvgIpc) is 3.41. The highest BCUT2D eigenvalue weighted by Crippen LogP contribution is 2.33. The first-order valence-corrected chi connectivity index (χ1v) is 11.3. The van der Waals surface area contributed by atoms with E-state index < -0.39 is 0 Å². The van der Waals surface area contributed by atoms with Crippen LogP contribution in [0.25, 0.3) is 20.7 Å². The monoisotopic (exact) mass is 452 g/mol. The molecule has 3 heterocycles. The zero-order valence-electron chi connectivity index (χ0n) is 17.0. The summed E-state index contributed by atoms with van der Waals surface area (Å²) in [7, 11) is 1.54. The maximum absolute atomic E-state index is 13.0. The number of benzene rings is 1. The summed E-state index contributed by atoms with van der Waals surface area (Å²) in [6, 6.07) is 11.3. The van der Waals surface area contributed by atoms with Crippen molar-refractivity contribution in [2.75, 3.05) is 18.9 Å². The molecule has 9 heteroatoms. The van der Waals surface area contributed by atoms with Crippen LogP contribution < -0.4 is 10.9 Å². The van der Waals surface area contributed by atoms with Crippen LogP contribution in [-0.4, -0.2) is 39.9 Å². The Kier molecular flexibility index (Phi) is 5.97. The summed E-state index contributed by atoms with van der Waals surface area (Å²) < 4.78 is 1.29. The number of carbonyl (C=O) groups is 2. The van der Waals surface area contributed by atoms with Gasteiger partial charge in [0, 0.05) is 28.6 Å². The Bertz CT molecular complexity index is 1290. The van der Waals surface area contributed by atoms with Gasteiger partial charge in [0.1, 0.15) is 11.4 Å². The second-order valence-electron chi connectivity index (χ2n) is 7.15. The largest absolute Gasteiger partial charge is 0.335 e. The molecule has 1 N–H and O–H groups in total. The zero-order chi connectivity index (χ0) is 22.0. The van der Waals surface area contributed by atoms with E-state index in [0.717, 1.165) is 16.0 Å². The minimum atomic E-state index is -0.352. The smallest absolute Gasteiger partial charge is 0.263 e. The molecule has 0 atom stereocenters. The number of fused-ring (bicyclic) bond motifs is 1. The van der Waals surface area contributed by atoms with E-state index in [1.807, 2.05) is 54.1 Å². The van der Waals surface area contributed by atoms with Crippen LogP contribution in [0.1, 0.15) is 5.56 Å². The van der Waals surface area contributed by atoms with Crippen molar-refractivity contribution in [3.8, 4) is 10.4 Å². The number of aromatic nitrogens is 2. The lowest BCUT2D eigenvalue weighted by Crippen LogP contribution is -2.38. The van der Waals surface area contributed by atoms with Gasteiger partial charge in [-0.25, -0.2) is 4.98 Å². The number of amides is 2. The Balaban J connectivity index is 1.47. The molecule has 4 aromatic rings. The highest BCUT2D eigenvalue weighted by Gasteiger charge is 2.18. The third-order valence-corrected chi connectivity index (χ3v) is 6.58. The summed E-state index contributed by atoms with van der Waals surface area (Å²) in [5.41, 5.74) is 2.33. The number of hydrogen-bond acceptors (Lipinski definition) is 6. The van der Waals surface area contributed by atoms with Crippen molar-refractivity contribution in [1.82, 2.24) is 14.5 Å². The fourth-order valence-corrected chi connectivity index (χ4v) is 4.82. The number of nitrogens with zero attached hydrogens (tertiary/aromatic N) is 3. The normalized spacial score (nSPS) is 10.9. The lowest BCUT2D eigenvalue weighted by atomic mass is 10.2. The van der Waals surface area contributed by atoms with Gasteiger partial charge in [0.15, 0.2) is 0 Å². The van der Waals surface area contributed by atoms with Gasteiger partial charge >= 0.3 is 0 Å². The average molecular weight is 453 g/mol. The van der Waals surface area contributed by atoms with Crippen LogP contribution in [0.3, 0.4) is 0 Å². The Morgan fingerprint density at radius 1 is 1.16 bits per heavy atom. The van der Waals surface area contributed by atoms with Crippen LogP contribution >= 0.6 is 22.7 Å². The summed E-state index contributed by atoms with van der Waals surface area (Å²) in [5.74, 6) is -0.659. The molecule has 0 aliphatic carbocycles. The second-order valence-corrected chi connectivity index (χ2v) is 8.95. The summed E-state index contributed by atoms with van der Waals surface area (Å²) in [5, 5.41) is 7.15. The molecule has 0 bridgehead atoms. The minimum Gasteiger partial charge on any atom is -0.335 e. The summed E-state index contributed by atoms with van der Waals surface area (Å²) >= 11 is 2.95. The Morgan fingerprint density at radius 3 is 2.65 bits per heavy atom. The third kappa shape index (κ3) is 4.57. The van der Waals surface area contributed by atoms with E-state index in [2.05, 4.69) is 10.3 Å². The topological polar surface area (TPSA) is 84.3 Å². The number of likely N-dealkylation sites (N-methyl/N-ethyl adjacent to an activating group) is 1. The molecule has 0 saturated carbocycles. The molecule has 0 radical (unpaired) electrons. The minimum absolute atomic E-state index is 0.115. The first kappa shape index (κ1) is 21.0. The van der Waals surface area contributed by atoms with Gasteiger partial charge in [-0.15, -0.1) is 22.7 Å². The molecule has 2 amide bonds. The molecule has 7 nitrogen and oxygen atoms in total. The number of carbonyl (C=O) groups excluding carboxylic acids is 2. The Labute approximate surface area is 186 Å². The van der Waals surface area contributed by atoms with E-state index in [9.17, 15) is 14.4 Å². The van der Waals surface area contributed by atoms with Crippen molar-refractivity contribution in [3.05, 3.63) is 69.4 Å². The van der Waals surface area contributed by atoms with E-state index in [1.54, 1.807) is 11.3 Å². The fourth-order valence-electron chi connectivity index (χ4n) is 3.10. The molecule has 0 aliphatic heterocycles. The van der Waals surface area contributed by atoms with Gasteiger partial charge in [0.25, 0.3) is 5.56 Å². The SMILES string of the molecule is Cc1ccc(NC(=O)CN(C)C(=O)Cn2cnc3scc(-c4cccs4)c3c2=O)cc1. The molecule has 0 saturated heterocycles. The molecule has 31 heavy (non-hydrogen) atoms. The van der Waals surface area contributed by atoms with Gasteiger partial charge in [-0.2, -0.15) is 0 Å². The molecule has 0 unspecified atom stereocenters. The maximum Gasteiger partial charge on any atom is 0.263 e. The molecule has 0 fully saturated rings. The standard InChI is InChI=1S/C22H20N4O3S2/c1-14-5-7-15(8-6-14)24-18(27)10-25(2)19(28)11-26-13-23-21-20(22(26)29)16(12-31-21)17-4-3-9-30-17/h3-9,12-13H,10-11H2,1-2H3,(H,24,27). The Hall–Kier alpha value is -3.30. The van der Waals surface area contributed by atoms with Gasteiger partial charge in [-0.05, 0) is 30.5 Å². The van der Waals surface area contributed by atoms with Crippen molar-refractivity contribution >= 4 is 50.4 Å². The van der Waals surface area contributed by atoms with Crippen molar-refractivity contribution < 1.29 is 9.59 Å². The predicted octanol–water partition coefficient (Wildman–Crippen LogP) is 3.59. The molecular formula is C22H20N4O3S2. The van der Waals surface area contributed by atoms with E-state index in [-0.39, 0.29) is 30.5 Å². The third-order valence-electron chi connectivity index (χ3n) is 4.79. The molecular weight excluding hydrogens is 432 g/mol. The predicted molar refractivity (Wildman–Crippen MR) is 125 cm³/mol. The van der Waals surface area contributed by atoms with E-state index in [1.165, 1.54) is 34.2 Å². The van der Waals surface area contributed by atoms with Gasteiger partial charge in [-0.1, -0.05) is 23.8 Å². The van der Waals surface area contributed by atoms with Gasteiger partial charge in [0.2, 0.25) is 11.8 Å². The number of aryl methyl sites for hydroxylation is 1. The Morgan fingerprint density at radius 2 is 1.94 bits per heavy atom. The molecule has 0 aliphatic rings. The van der Waals surface area contributed by atoms with Gasteiger partial charge in [0.05, 0.1) is 18.3 Å². The number of hydrogen-bond donors (Lipinski definition) is 1. The zero-order valence-corrected chi connectivity index (χ0v) is 18.6. The number of nitrogens with one attached hydrogen (secondary N) is 1. The molecule has 158 valence electrons. The molecule has 0 spiro atoms. The second kappa shape index (κ2) is 8.83. The van der Waals surface area contributed by atoms with Crippen molar-refractivity contribution in [1.29, 1.82) is 0 Å². The van der Waals surface area contributed by atoms with E-state index in [0.29, 0.717) is 15.9 Å². The van der Waals surface area contributed by atoms with Crippen LogP contribution in [0.4, 0.5) is 5.69 Å². The molecule has 4 rings (SSSR count). The van der Waals surface area contributed by atoms with Crippen molar-refractivity contribution in [2.24, 2.45) is 0 Å². The lowest BCUT2D eigenvalue weighted by molar-refractivity contribution is -0.133. The summed E-state index contributed by atoms with van der Waals surface area (Å²) in [6.45, 7) is 1.66. The van der Waals surface area contributed by atoms with E-state index in [4.69, 9.17) is 0 Å². The molecule has 3 aromatic heterocycles. The van der Waals surface area contributed by atoms with Crippen LogP contribution in [-0.2, 0) is 16.1 Å². The van der Waals surface area contributed by atoms with Crippen LogP contribution in [0.2, 0.25) is 0 Å². The highest BCUT2D eigenvalue weighted by atomic mass is 32.1. The first-order chi connectivity index (χ1) is 14.9. The van der Waals surface area contributed by atoms with Crippen LogP contribution in [0.15, 0.2) is 58.3 Å². The van der Waals surface area contributed by atoms with E-state index >= 15 is 0 Å². The molecule has 1 aromatic carbocycles. The fraction of sp³-hybridized carbons (Fsp3) is 0.182. The van der Waals surface area contributed by atoms with Crippen LogP contribution in [0, 0.1) is 6.92 Å². The lowest BCUT2D eigenvalue weighted by Gasteiger charge is -2.17. The van der Waals surface area contributed by atoms with Crippen LogP contribution in [0.5, 0.6) is 0 Å². The number of thiophene rings is 2. The summed E-state index contributed by atoms with van der Waals surface area (Å²) in [4.78, 5) is 45.2. The number of anilines is 1. The first-order valence-electron chi connectivity index (χ1n) is 9.53. The van der Waals surface area contributed by atoms with Gasteiger partial charge < -0.3 is 10.2 Å². The van der Waals surface area contributed by atoms with Crippen molar-refractivity contribution in [3.63, 3.8) is 0 Å². The quantitative estimate of drug-likeness (QED) is 0.485. The maximum atomic E-state index is 13.0. The number of rotatable bonds is 6. The summed E-state index contributed by atoms with van der Waals surface area (Å²) in [6.07, 6.45) is 1.39. The van der Waals surface area contributed by atoms with Gasteiger partial charge in [-0.3, -0.25) is 19.0 Å². The highest BCUT2D eigenvalue weighted by molar-refractivity contribution is 7.18. The van der Waals surface area contributed by atoms with Crippen molar-refractivity contribution in [2.45, 2.75) is 13.5 Å².